The molecule has 0 fully saturated rings. The average molecular weight is 659 g/mol. The molecule has 0 spiro atoms. The van der Waals surface area contributed by atoms with Gasteiger partial charge in [0.25, 0.3) is 20.2 Å². The van der Waals surface area contributed by atoms with Crippen molar-refractivity contribution in [2.45, 2.75) is 23.6 Å². The number of hydrogen-bond acceptors (Lipinski definition) is 10. The third kappa shape index (κ3) is 11.6. The van der Waals surface area contributed by atoms with Crippen molar-refractivity contribution in [1.29, 1.82) is 0 Å². The lowest BCUT2D eigenvalue weighted by Crippen LogP contribution is -2.13. The summed E-state index contributed by atoms with van der Waals surface area (Å²) in [5, 5.41) is 0. The summed E-state index contributed by atoms with van der Waals surface area (Å²) in [5.74, 6) is 0.794. The SMILES string of the molecule is Cc1ccc(S(=O)(=O)OCCOc2ccccc2C=O)cc1.Cc1ccc(S(=O)(=O)OCCOc2ccccc2C=O)cc1.O. The maximum atomic E-state index is 11.9. The normalized spacial score (nSPS) is 10.9. The second kappa shape index (κ2) is 17.8. The van der Waals surface area contributed by atoms with E-state index >= 15 is 0 Å². The number of aldehydes is 2. The van der Waals surface area contributed by atoms with E-state index in [9.17, 15) is 26.4 Å². The minimum atomic E-state index is -3.80. The fraction of sp³-hybridized carbons (Fsp3) is 0.188. The topological polar surface area (TPSA) is 171 Å². The molecule has 0 bridgehead atoms. The Morgan fingerprint density at radius 3 is 1.18 bits per heavy atom. The van der Waals surface area contributed by atoms with Crippen molar-refractivity contribution in [1.82, 2.24) is 0 Å². The highest BCUT2D eigenvalue weighted by Crippen LogP contribution is 2.18. The van der Waals surface area contributed by atoms with Crippen LogP contribution >= 0.6 is 0 Å². The summed E-state index contributed by atoms with van der Waals surface area (Å²) in [4.78, 5) is 21.9. The van der Waals surface area contributed by atoms with Crippen LogP contribution in [0.3, 0.4) is 0 Å². The number of ether oxygens (including phenoxy) is 2. The van der Waals surface area contributed by atoms with Crippen LogP contribution in [0.2, 0.25) is 0 Å². The molecule has 4 aromatic rings. The molecule has 0 radical (unpaired) electrons. The van der Waals surface area contributed by atoms with Gasteiger partial charge in [-0.05, 0) is 62.4 Å². The van der Waals surface area contributed by atoms with Crippen LogP contribution in [0.5, 0.6) is 11.5 Å². The van der Waals surface area contributed by atoms with Crippen molar-refractivity contribution >= 4 is 32.8 Å². The first-order chi connectivity index (χ1) is 21.1. The minimum Gasteiger partial charge on any atom is -0.490 e. The lowest BCUT2D eigenvalue weighted by molar-refractivity contribution is 0.111. The lowest BCUT2D eigenvalue weighted by Gasteiger charge is -2.09. The second-order valence-corrected chi connectivity index (χ2v) is 12.4. The van der Waals surface area contributed by atoms with Crippen molar-refractivity contribution in [3.8, 4) is 11.5 Å². The minimum absolute atomic E-state index is 0. The monoisotopic (exact) mass is 658 g/mol. The van der Waals surface area contributed by atoms with E-state index in [0.29, 0.717) is 35.2 Å². The molecule has 0 atom stereocenters. The summed E-state index contributed by atoms with van der Waals surface area (Å²) < 4.78 is 68.3. The van der Waals surface area contributed by atoms with Gasteiger partial charge in [-0.3, -0.25) is 18.0 Å². The maximum Gasteiger partial charge on any atom is 0.297 e. The Balaban J connectivity index is 0.000000307. The molecule has 240 valence electrons. The maximum absolute atomic E-state index is 11.9. The van der Waals surface area contributed by atoms with Crippen molar-refractivity contribution in [3.63, 3.8) is 0 Å². The van der Waals surface area contributed by atoms with Gasteiger partial charge in [-0.25, -0.2) is 0 Å². The highest BCUT2D eigenvalue weighted by atomic mass is 32.2. The Hall–Kier alpha value is -4.40. The Bertz CT molecular complexity index is 1600. The van der Waals surface area contributed by atoms with Gasteiger partial charge < -0.3 is 14.9 Å². The molecule has 0 aliphatic heterocycles. The Labute approximate surface area is 262 Å². The molecule has 0 saturated carbocycles. The summed E-state index contributed by atoms with van der Waals surface area (Å²) in [6.07, 6.45) is 1.36. The van der Waals surface area contributed by atoms with Crippen LogP contribution in [-0.4, -0.2) is 61.3 Å². The van der Waals surface area contributed by atoms with Crippen LogP contribution in [-0.2, 0) is 28.6 Å². The molecular formula is C32H34O11S2. The van der Waals surface area contributed by atoms with Crippen molar-refractivity contribution < 1.29 is 49.7 Å². The zero-order valence-corrected chi connectivity index (χ0v) is 26.3. The molecule has 13 heteroatoms. The lowest BCUT2D eigenvalue weighted by atomic mass is 10.2. The quantitative estimate of drug-likeness (QED) is 0.108. The predicted molar refractivity (Wildman–Crippen MR) is 167 cm³/mol. The van der Waals surface area contributed by atoms with E-state index < -0.39 is 20.2 Å². The molecule has 0 aliphatic carbocycles. The van der Waals surface area contributed by atoms with Gasteiger partial charge in [-0.15, -0.1) is 0 Å². The third-order valence-electron chi connectivity index (χ3n) is 5.87. The van der Waals surface area contributed by atoms with E-state index in [1.807, 2.05) is 13.8 Å². The van der Waals surface area contributed by atoms with Crippen LogP contribution in [0.15, 0.2) is 107 Å². The highest BCUT2D eigenvalue weighted by molar-refractivity contribution is 7.87. The van der Waals surface area contributed by atoms with Gasteiger partial charge in [0.15, 0.2) is 12.6 Å². The first-order valence-electron chi connectivity index (χ1n) is 13.3. The fourth-order valence-corrected chi connectivity index (χ4v) is 5.34. The molecule has 2 N–H and O–H groups in total. The van der Waals surface area contributed by atoms with Gasteiger partial charge in [0.1, 0.15) is 37.9 Å². The molecule has 0 saturated heterocycles. The van der Waals surface area contributed by atoms with Crippen LogP contribution in [0, 0.1) is 13.8 Å². The second-order valence-electron chi connectivity index (χ2n) is 9.19. The molecule has 45 heavy (non-hydrogen) atoms. The molecule has 0 amide bonds. The Morgan fingerprint density at radius 1 is 0.511 bits per heavy atom. The summed E-state index contributed by atoms with van der Waals surface area (Å²) in [6.45, 7) is 3.52. The summed E-state index contributed by atoms with van der Waals surface area (Å²) in [7, 11) is -7.59. The number of carbonyl (C=O) groups excluding carboxylic acids is 2. The zero-order chi connectivity index (χ0) is 32.0. The standard InChI is InChI=1S/2C16H16O5S.H2O/c2*1-13-6-8-15(9-7-13)22(18,19)21-11-10-20-16-5-3-2-4-14(16)12-17;/h2*2-9,12H,10-11H2,1H3;1H2. The van der Waals surface area contributed by atoms with Gasteiger partial charge >= 0.3 is 0 Å². The number of carbonyl (C=O) groups is 2. The van der Waals surface area contributed by atoms with E-state index in [-0.39, 0.29) is 41.7 Å². The van der Waals surface area contributed by atoms with E-state index in [1.54, 1.807) is 72.8 Å². The van der Waals surface area contributed by atoms with Crippen molar-refractivity contribution in [3.05, 3.63) is 119 Å². The molecule has 0 aliphatic rings. The van der Waals surface area contributed by atoms with Gasteiger partial charge in [0.2, 0.25) is 0 Å². The summed E-state index contributed by atoms with van der Waals surface area (Å²) in [5.41, 5.74) is 2.74. The van der Waals surface area contributed by atoms with E-state index in [2.05, 4.69) is 0 Å². The molecule has 4 rings (SSSR count). The number of rotatable bonds is 14. The fourth-order valence-electron chi connectivity index (χ4n) is 3.56. The molecule has 4 aromatic carbocycles. The first-order valence-corrected chi connectivity index (χ1v) is 16.1. The van der Waals surface area contributed by atoms with E-state index in [0.717, 1.165) is 11.1 Å². The first kappa shape index (κ1) is 36.8. The molecule has 0 unspecified atom stereocenters. The number of aryl methyl sites for hydroxylation is 2. The zero-order valence-electron chi connectivity index (χ0n) is 24.6. The third-order valence-corrected chi connectivity index (χ3v) is 8.52. The molecular weight excluding hydrogens is 624 g/mol. The van der Waals surface area contributed by atoms with Crippen LogP contribution in [0.25, 0.3) is 0 Å². The molecule has 11 nitrogen and oxygen atoms in total. The highest BCUT2D eigenvalue weighted by Gasteiger charge is 2.16. The number of hydrogen-bond donors (Lipinski definition) is 0. The van der Waals surface area contributed by atoms with Gasteiger partial charge in [-0.1, -0.05) is 59.7 Å². The Morgan fingerprint density at radius 2 is 0.844 bits per heavy atom. The summed E-state index contributed by atoms with van der Waals surface area (Å²) in [6, 6.07) is 26.2. The average Bonchev–Trinajstić information content (AvgIpc) is 3.02. The molecule has 0 heterocycles. The number of para-hydroxylation sites is 2. The Kier molecular flexibility index (Phi) is 14.5. The van der Waals surface area contributed by atoms with E-state index in [1.165, 1.54) is 24.3 Å². The molecule has 0 aromatic heterocycles. The predicted octanol–water partition coefficient (Wildman–Crippen LogP) is 4.36. The van der Waals surface area contributed by atoms with Crippen molar-refractivity contribution in [2.75, 3.05) is 26.4 Å². The van der Waals surface area contributed by atoms with Crippen LogP contribution in [0.4, 0.5) is 0 Å². The van der Waals surface area contributed by atoms with Crippen molar-refractivity contribution in [2.24, 2.45) is 0 Å². The van der Waals surface area contributed by atoms with Crippen LogP contribution < -0.4 is 9.47 Å². The summed E-state index contributed by atoms with van der Waals surface area (Å²) >= 11 is 0. The van der Waals surface area contributed by atoms with Gasteiger partial charge in [0, 0.05) is 0 Å². The smallest absolute Gasteiger partial charge is 0.297 e. The van der Waals surface area contributed by atoms with E-state index in [4.69, 9.17) is 17.8 Å². The van der Waals surface area contributed by atoms with Gasteiger partial charge in [-0.2, -0.15) is 16.8 Å². The van der Waals surface area contributed by atoms with Crippen LogP contribution in [0.1, 0.15) is 31.8 Å². The largest absolute Gasteiger partial charge is 0.490 e. The van der Waals surface area contributed by atoms with Gasteiger partial charge in [0.05, 0.1) is 20.9 Å². The number of benzene rings is 4.